The molecule has 7 heteroatoms. The summed E-state index contributed by atoms with van der Waals surface area (Å²) in [4.78, 5) is 11.8. The van der Waals surface area contributed by atoms with Gasteiger partial charge in [0.05, 0.1) is 0 Å². The van der Waals surface area contributed by atoms with E-state index in [1.165, 1.54) is 12.3 Å². The molecular weight excluding hydrogens is 242 g/mol. The molecule has 0 saturated carbocycles. The van der Waals surface area contributed by atoms with Gasteiger partial charge < -0.3 is 9.88 Å². The van der Waals surface area contributed by atoms with Crippen molar-refractivity contribution in [3.05, 3.63) is 18.0 Å². The maximum Gasteiger partial charge on any atom is 0.268 e. The fourth-order valence-corrected chi connectivity index (χ4v) is 1.98. The molecule has 3 N–H and O–H groups in total. The highest BCUT2D eigenvalue weighted by molar-refractivity contribution is 7.89. The van der Waals surface area contributed by atoms with E-state index < -0.39 is 10.0 Å². The highest BCUT2D eigenvalue weighted by atomic mass is 32.2. The zero-order chi connectivity index (χ0) is 13.2. The third-order valence-corrected chi connectivity index (χ3v) is 3.07. The monoisotopic (exact) mass is 259 g/mol. The van der Waals surface area contributed by atoms with Gasteiger partial charge in [-0.05, 0) is 26.8 Å². The first kappa shape index (κ1) is 13.7. The standard InChI is InChI=1S/C10H17N3O3S/c1-4-13-6-8(17(11,15)16)5-9(13)10(14)12-7(2)3/h5-7H,4H2,1-3H3,(H,12,14)(H2,11,15,16). The first-order chi connectivity index (χ1) is 7.75. The number of carbonyl (C=O) groups is 1. The second kappa shape index (κ2) is 4.89. The quantitative estimate of drug-likeness (QED) is 0.814. The molecule has 1 amide bonds. The molecule has 0 spiro atoms. The number of carbonyl (C=O) groups excluding carboxylic acids is 1. The lowest BCUT2D eigenvalue weighted by Crippen LogP contribution is -2.31. The SMILES string of the molecule is CCn1cc(S(N)(=O)=O)cc1C(=O)NC(C)C. The van der Waals surface area contributed by atoms with Crippen molar-refractivity contribution in [1.29, 1.82) is 0 Å². The second-order valence-electron chi connectivity index (χ2n) is 4.02. The molecule has 0 fully saturated rings. The number of nitrogens with two attached hydrogens (primary N) is 1. The molecule has 0 aliphatic carbocycles. The van der Waals surface area contributed by atoms with Crippen LogP contribution in [-0.2, 0) is 16.6 Å². The molecule has 0 aliphatic heterocycles. The molecule has 1 aromatic heterocycles. The molecule has 0 aromatic carbocycles. The van der Waals surface area contributed by atoms with Crippen LogP contribution in [0.5, 0.6) is 0 Å². The van der Waals surface area contributed by atoms with Crippen LogP contribution in [0.15, 0.2) is 17.2 Å². The van der Waals surface area contributed by atoms with Crippen molar-refractivity contribution in [2.45, 2.75) is 38.3 Å². The molecule has 17 heavy (non-hydrogen) atoms. The van der Waals surface area contributed by atoms with E-state index in [2.05, 4.69) is 5.32 Å². The van der Waals surface area contributed by atoms with Gasteiger partial charge in [-0.3, -0.25) is 4.79 Å². The van der Waals surface area contributed by atoms with Crippen LogP contribution in [0.3, 0.4) is 0 Å². The van der Waals surface area contributed by atoms with Crippen LogP contribution >= 0.6 is 0 Å². The number of sulfonamides is 1. The first-order valence-corrected chi connectivity index (χ1v) is 6.84. The van der Waals surface area contributed by atoms with Crippen molar-refractivity contribution in [2.24, 2.45) is 5.14 Å². The van der Waals surface area contributed by atoms with E-state index in [9.17, 15) is 13.2 Å². The third kappa shape index (κ3) is 3.31. The Bertz CT molecular complexity index is 517. The van der Waals surface area contributed by atoms with Gasteiger partial charge in [-0.25, -0.2) is 13.6 Å². The minimum Gasteiger partial charge on any atom is -0.349 e. The van der Waals surface area contributed by atoms with E-state index in [4.69, 9.17) is 5.14 Å². The Labute approximate surface area is 101 Å². The van der Waals surface area contributed by atoms with Gasteiger partial charge in [0.15, 0.2) is 0 Å². The second-order valence-corrected chi connectivity index (χ2v) is 5.58. The van der Waals surface area contributed by atoms with E-state index in [1.807, 2.05) is 20.8 Å². The maximum atomic E-state index is 11.8. The molecule has 1 aromatic rings. The van der Waals surface area contributed by atoms with Crippen molar-refractivity contribution in [1.82, 2.24) is 9.88 Å². The summed E-state index contributed by atoms with van der Waals surface area (Å²) < 4.78 is 23.9. The van der Waals surface area contributed by atoms with Gasteiger partial charge in [-0.2, -0.15) is 0 Å². The molecule has 6 nitrogen and oxygen atoms in total. The van der Waals surface area contributed by atoms with Gasteiger partial charge in [-0.1, -0.05) is 0 Å². The smallest absolute Gasteiger partial charge is 0.268 e. The summed E-state index contributed by atoms with van der Waals surface area (Å²) in [6.07, 6.45) is 1.37. The lowest BCUT2D eigenvalue weighted by atomic mass is 10.3. The molecule has 1 heterocycles. The molecule has 0 unspecified atom stereocenters. The fourth-order valence-electron chi connectivity index (χ4n) is 1.43. The number of rotatable bonds is 4. The first-order valence-electron chi connectivity index (χ1n) is 5.29. The molecule has 0 bridgehead atoms. The lowest BCUT2D eigenvalue weighted by Gasteiger charge is -2.09. The van der Waals surface area contributed by atoms with Crippen molar-refractivity contribution in [3.8, 4) is 0 Å². The van der Waals surface area contributed by atoms with E-state index in [1.54, 1.807) is 4.57 Å². The van der Waals surface area contributed by atoms with Crippen LogP contribution < -0.4 is 10.5 Å². The Morgan fingerprint density at radius 2 is 2.12 bits per heavy atom. The highest BCUT2D eigenvalue weighted by Crippen LogP contribution is 2.13. The van der Waals surface area contributed by atoms with Gasteiger partial charge in [0.25, 0.3) is 5.91 Å². The maximum absolute atomic E-state index is 11.8. The Morgan fingerprint density at radius 3 is 2.53 bits per heavy atom. The van der Waals surface area contributed by atoms with Crippen LogP contribution in [0.4, 0.5) is 0 Å². The number of nitrogens with one attached hydrogen (secondary N) is 1. The average molecular weight is 259 g/mol. The van der Waals surface area contributed by atoms with Crippen LogP contribution in [0.2, 0.25) is 0 Å². The number of nitrogens with zero attached hydrogens (tertiary/aromatic N) is 1. The topological polar surface area (TPSA) is 94.2 Å². The number of amides is 1. The van der Waals surface area contributed by atoms with Crippen molar-refractivity contribution in [3.63, 3.8) is 0 Å². The fraction of sp³-hybridized carbons (Fsp3) is 0.500. The number of aromatic nitrogens is 1. The highest BCUT2D eigenvalue weighted by Gasteiger charge is 2.18. The molecule has 0 aliphatic rings. The molecular formula is C10H17N3O3S. The minimum absolute atomic E-state index is 0.0133. The van der Waals surface area contributed by atoms with E-state index in [0.717, 1.165) is 0 Å². The van der Waals surface area contributed by atoms with Crippen molar-refractivity contribution in [2.75, 3.05) is 0 Å². The number of aryl methyl sites for hydroxylation is 1. The van der Waals surface area contributed by atoms with E-state index >= 15 is 0 Å². The number of primary sulfonamides is 1. The zero-order valence-electron chi connectivity index (χ0n) is 10.1. The molecule has 1 rings (SSSR count). The van der Waals surface area contributed by atoms with Crippen molar-refractivity contribution >= 4 is 15.9 Å². The summed E-state index contributed by atoms with van der Waals surface area (Å²) in [6.45, 7) is 5.98. The molecule has 0 saturated heterocycles. The molecule has 0 radical (unpaired) electrons. The summed E-state index contributed by atoms with van der Waals surface area (Å²) in [5, 5.41) is 7.73. The summed E-state index contributed by atoms with van der Waals surface area (Å²) >= 11 is 0. The lowest BCUT2D eigenvalue weighted by molar-refractivity contribution is 0.0934. The van der Waals surface area contributed by atoms with Gasteiger partial charge in [0.2, 0.25) is 10.0 Å². The van der Waals surface area contributed by atoms with Crippen LogP contribution in [0.1, 0.15) is 31.3 Å². The summed E-state index contributed by atoms with van der Waals surface area (Å²) in [5.74, 6) is -0.309. The van der Waals surface area contributed by atoms with E-state index in [-0.39, 0.29) is 16.8 Å². The Kier molecular flexibility index (Phi) is 3.94. The minimum atomic E-state index is -3.78. The van der Waals surface area contributed by atoms with Crippen LogP contribution in [-0.4, -0.2) is 24.9 Å². The summed E-state index contributed by atoms with van der Waals surface area (Å²) in [6, 6.07) is 1.27. The van der Waals surface area contributed by atoms with Crippen molar-refractivity contribution < 1.29 is 13.2 Å². The Balaban J connectivity index is 3.16. The molecule has 0 atom stereocenters. The van der Waals surface area contributed by atoms with Gasteiger partial charge in [0.1, 0.15) is 10.6 Å². The van der Waals surface area contributed by atoms with Gasteiger partial charge >= 0.3 is 0 Å². The average Bonchev–Trinajstić information content (AvgIpc) is 2.59. The van der Waals surface area contributed by atoms with E-state index in [0.29, 0.717) is 12.2 Å². The Hall–Kier alpha value is -1.34. The normalized spacial score (nSPS) is 11.8. The largest absolute Gasteiger partial charge is 0.349 e. The number of hydrogen-bond acceptors (Lipinski definition) is 3. The number of hydrogen-bond donors (Lipinski definition) is 2. The van der Waals surface area contributed by atoms with Gasteiger partial charge in [0, 0.05) is 18.8 Å². The summed E-state index contributed by atoms with van der Waals surface area (Å²) in [5.41, 5.74) is 0.297. The zero-order valence-corrected chi connectivity index (χ0v) is 10.9. The van der Waals surface area contributed by atoms with Gasteiger partial charge in [-0.15, -0.1) is 0 Å². The molecule has 96 valence electrons. The Morgan fingerprint density at radius 1 is 1.53 bits per heavy atom. The third-order valence-electron chi connectivity index (χ3n) is 2.19. The summed E-state index contributed by atoms with van der Waals surface area (Å²) in [7, 11) is -3.78. The predicted octanol–water partition coefficient (Wildman–Crippen LogP) is 0.294. The predicted molar refractivity (Wildman–Crippen MR) is 64.1 cm³/mol. The van der Waals surface area contributed by atoms with Crippen LogP contribution in [0, 0.1) is 0 Å². The van der Waals surface area contributed by atoms with Crippen LogP contribution in [0.25, 0.3) is 0 Å².